The number of amides is 1. The molecule has 1 aromatic heterocycles. The fourth-order valence-corrected chi connectivity index (χ4v) is 3.44. The van der Waals surface area contributed by atoms with Crippen molar-refractivity contribution in [3.63, 3.8) is 0 Å². The van der Waals surface area contributed by atoms with E-state index in [1.165, 1.54) is 0 Å². The van der Waals surface area contributed by atoms with Crippen LogP contribution < -0.4 is 21.8 Å². The van der Waals surface area contributed by atoms with Gasteiger partial charge in [0.15, 0.2) is 5.43 Å². The molecule has 0 spiro atoms. The van der Waals surface area contributed by atoms with Crippen LogP contribution in [0.4, 0.5) is 0 Å². The lowest BCUT2D eigenvalue weighted by Crippen LogP contribution is -2.53. The van der Waals surface area contributed by atoms with Gasteiger partial charge in [-0.1, -0.05) is 12.1 Å². The number of hydrogen-bond donors (Lipinski definition) is 4. The number of nitrogens with one attached hydrogen (secondary N) is 3. The second kappa shape index (κ2) is 6.92. The lowest BCUT2D eigenvalue weighted by Gasteiger charge is -2.31. The van der Waals surface area contributed by atoms with Crippen LogP contribution in [0.2, 0.25) is 0 Å². The average molecular weight is 355 g/mol. The summed E-state index contributed by atoms with van der Waals surface area (Å²) in [6.45, 7) is 4.02. The Morgan fingerprint density at radius 1 is 1.38 bits per heavy atom. The van der Waals surface area contributed by atoms with Crippen molar-refractivity contribution in [3.05, 3.63) is 45.7 Å². The summed E-state index contributed by atoms with van der Waals surface area (Å²) in [5, 5.41) is 6.56. The van der Waals surface area contributed by atoms with Crippen LogP contribution in [-0.4, -0.2) is 30.3 Å². The molecule has 5 N–H and O–H groups in total. The van der Waals surface area contributed by atoms with Gasteiger partial charge in [-0.2, -0.15) is 0 Å². The molecule has 0 bridgehead atoms. The normalized spacial score (nSPS) is 19.5. The van der Waals surface area contributed by atoms with Crippen LogP contribution in [0.1, 0.15) is 31.0 Å². The van der Waals surface area contributed by atoms with Gasteiger partial charge in [-0.15, -0.1) is 0 Å². The summed E-state index contributed by atoms with van der Waals surface area (Å²) in [6, 6.07) is 7.39. The maximum atomic E-state index is 12.7. The van der Waals surface area contributed by atoms with E-state index in [0.717, 1.165) is 17.8 Å². The number of carbonyl (C=O) groups is 1. The minimum absolute atomic E-state index is 0.0120. The van der Waals surface area contributed by atoms with Gasteiger partial charge in [0.05, 0.1) is 24.0 Å². The van der Waals surface area contributed by atoms with E-state index in [0.29, 0.717) is 29.6 Å². The molecule has 0 aliphatic carbocycles. The molecular weight excluding hydrogens is 330 g/mol. The monoisotopic (exact) mass is 355 g/mol. The van der Waals surface area contributed by atoms with Gasteiger partial charge >= 0.3 is 0 Å². The number of aliphatic imine (C=N–C) groups is 1. The van der Waals surface area contributed by atoms with Gasteiger partial charge in [0.25, 0.3) is 0 Å². The Bertz CT molecular complexity index is 929. The summed E-state index contributed by atoms with van der Waals surface area (Å²) in [5.74, 6) is 0.665. The van der Waals surface area contributed by atoms with Crippen LogP contribution in [0.25, 0.3) is 10.9 Å². The number of carbonyl (C=O) groups excluding carboxylic acids is 1. The standard InChI is InChI=1S/C19H25N5O2/c1-11-16(25)13-6-4-5-7-14(13)23-17(11)19(2,20)24-15-9-8-12(10-22-15)18(26)21-3/h4-7,12H,8-10,20H2,1-3H3,(H,21,26)(H,22,24)(H,23,25). The molecule has 1 aromatic carbocycles. The Balaban J connectivity index is 1.88. The highest BCUT2D eigenvalue weighted by molar-refractivity contribution is 5.87. The van der Waals surface area contributed by atoms with Crippen molar-refractivity contribution >= 4 is 22.6 Å². The van der Waals surface area contributed by atoms with E-state index in [1.54, 1.807) is 20.0 Å². The van der Waals surface area contributed by atoms with Crippen LogP contribution in [-0.2, 0) is 10.5 Å². The number of benzene rings is 1. The van der Waals surface area contributed by atoms with Crippen molar-refractivity contribution in [3.8, 4) is 0 Å². The summed E-state index contributed by atoms with van der Waals surface area (Å²) in [4.78, 5) is 32.2. The third kappa shape index (κ3) is 3.35. The average Bonchev–Trinajstić information content (AvgIpc) is 2.64. The molecule has 2 unspecified atom stereocenters. The van der Waals surface area contributed by atoms with E-state index < -0.39 is 5.66 Å². The summed E-state index contributed by atoms with van der Waals surface area (Å²) in [7, 11) is 1.63. The molecule has 1 aliphatic heterocycles. The molecular formula is C19H25N5O2. The minimum atomic E-state index is -0.980. The van der Waals surface area contributed by atoms with Crippen molar-refractivity contribution in [2.45, 2.75) is 32.4 Å². The van der Waals surface area contributed by atoms with Crippen molar-refractivity contribution in [2.75, 3.05) is 13.6 Å². The van der Waals surface area contributed by atoms with Crippen molar-refractivity contribution < 1.29 is 4.79 Å². The Kier molecular flexibility index (Phi) is 4.82. The molecule has 138 valence electrons. The van der Waals surface area contributed by atoms with E-state index in [9.17, 15) is 9.59 Å². The lowest BCUT2D eigenvalue weighted by molar-refractivity contribution is -0.124. The number of pyridine rings is 1. The highest BCUT2D eigenvalue weighted by Crippen LogP contribution is 2.21. The van der Waals surface area contributed by atoms with E-state index in [2.05, 4.69) is 20.6 Å². The fraction of sp³-hybridized carbons (Fsp3) is 0.421. The first-order valence-corrected chi connectivity index (χ1v) is 8.77. The van der Waals surface area contributed by atoms with Crippen LogP contribution in [0.5, 0.6) is 0 Å². The SMILES string of the molecule is CNC(=O)C1CCC(NC(C)(N)c2[nH]c3ccccc3c(=O)c2C)=NC1. The molecule has 1 aliphatic rings. The molecule has 0 radical (unpaired) electrons. The second-order valence-electron chi connectivity index (χ2n) is 6.96. The molecule has 7 heteroatoms. The molecule has 2 atom stereocenters. The molecule has 7 nitrogen and oxygen atoms in total. The number of rotatable bonds is 3. The Morgan fingerprint density at radius 3 is 2.77 bits per heavy atom. The minimum Gasteiger partial charge on any atom is -0.359 e. The zero-order valence-corrected chi connectivity index (χ0v) is 15.3. The Morgan fingerprint density at radius 2 is 2.12 bits per heavy atom. The first-order valence-electron chi connectivity index (χ1n) is 8.77. The maximum Gasteiger partial charge on any atom is 0.224 e. The van der Waals surface area contributed by atoms with Gasteiger partial charge in [0.2, 0.25) is 5.91 Å². The zero-order chi connectivity index (χ0) is 18.9. The first kappa shape index (κ1) is 18.1. The summed E-state index contributed by atoms with van der Waals surface area (Å²) in [6.07, 6.45) is 1.36. The van der Waals surface area contributed by atoms with Gasteiger partial charge in [0.1, 0.15) is 5.66 Å². The Hall–Kier alpha value is -2.67. The summed E-state index contributed by atoms with van der Waals surface area (Å²) < 4.78 is 0. The number of H-pyrrole nitrogens is 1. The molecule has 0 fully saturated rings. The number of hydrogen-bond acceptors (Lipinski definition) is 5. The molecule has 2 aromatic rings. The smallest absolute Gasteiger partial charge is 0.224 e. The lowest BCUT2D eigenvalue weighted by atomic mass is 9.97. The predicted molar refractivity (Wildman–Crippen MR) is 103 cm³/mol. The first-order chi connectivity index (χ1) is 12.3. The highest BCUT2D eigenvalue weighted by atomic mass is 16.1. The third-order valence-corrected chi connectivity index (χ3v) is 4.92. The number of fused-ring (bicyclic) bond motifs is 1. The van der Waals surface area contributed by atoms with Crippen LogP contribution >= 0.6 is 0 Å². The fourth-order valence-electron chi connectivity index (χ4n) is 3.44. The van der Waals surface area contributed by atoms with Crippen molar-refractivity contribution in [1.82, 2.24) is 15.6 Å². The molecule has 2 heterocycles. The van der Waals surface area contributed by atoms with Crippen molar-refractivity contribution in [2.24, 2.45) is 16.6 Å². The number of aromatic nitrogens is 1. The quantitative estimate of drug-likeness (QED) is 0.618. The predicted octanol–water partition coefficient (Wildman–Crippen LogP) is 1.11. The van der Waals surface area contributed by atoms with E-state index in [1.807, 2.05) is 25.1 Å². The van der Waals surface area contributed by atoms with Gasteiger partial charge in [0, 0.05) is 29.9 Å². The van der Waals surface area contributed by atoms with E-state index in [-0.39, 0.29) is 17.3 Å². The highest BCUT2D eigenvalue weighted by Gasteiger charge is 2.29. The maximum absolute atomic E-state index is 12.7. The zero-order valence-electron chi connectivity index (χ0n) is 15.3. The van der Waals surface area contributed by atoms with E-state index in [4.69, 9.17) is 5.73 Å². The summed E-state index contributed by atoms with van der Waals surface area (Å²) >= 11 is 0. The number of para-hydroxylation sites is 1. The summed E-state index contributed by atoms with van der Waals surface area (Å²) in [5.41, 5.74) is 7.47. The molecule has 3 rings (SSSR count). The number of aromatic amines is 1. The van der Waals surface area contributed by atoms with Gasteiger partial charge in [-0.05, 0) is 32.4 Å². The molecule has 26 heavy (non-hydrogen) atoms. The third-order valence-electron chi connectivity index (χ3n) is 4.92. The Labute approximate surface area is 152 Å². The number of nitrogens with two attached hydrogens (primary N) is 1. The molecule has 0 saturated heterocycles. The van der Waals surface area contributed by atoms with Crippen LogP contribution in [0.3, 0.4) is 0 Å². The molecule has 1 amide bonds. The largest absolute Gasteiger partial charge is 0.359 e. The number of nitrogens with zero attached hydrogens (tertiary/aromatic N) is 1. The number of amidine groups is 1. The van der Waals surface area contributed by atoms with Crippen LogP contribution in [0, 0.1) is 12.8 Å². The molecule has 0 saturated carbocycles. The van der Waals surface area contributed by atoms with Gasteiger partial charge in [-0.3, -0.25) is 14.6 Å². The van der Waals surface area contributed by atoms with Gasteiger partial charge < -0.3 is 21.4 Å². The van der Waals surface area contributed by atoms with Gasteiger partial charge in [-0.25, -0.2) is 0 Å². The second-order valence-corrected chi connectivity index (χ2v) is 6.96. The van der Waals surface area contributed by atoms with Crippen LogP contribution in [0.15, 0.2) is 34.1 Å². The van der Waals surface area contributed by atoms with Crippen molar-refractivity contribution in [1.29, 1.82) is 0 Å². The van der Waals surface area contributed by atoms with E-state index >= 15 is 0 Å². The topological polar surface area (TPSA) is 112 Å².